The molecule has 0 amide bonds. The molecule has 5 nitrogen and oxygen atoms in total. The molecule has 0 aliphatic heterocycles. The first-order valence-electron chi connectivity index (χ1n) is 8.21. The largest absolute Gasteiger partial charge is 0.504 e. The first-order valence-corrected chi connectivity index (χ1v) is 8.21. The lowest BCUT2D eigenvalue weighted by Gasteiger charge is -2.33. The summed E-state index contributed by atoms with van der Waals surface area (Å²) in [4.78, 5) is 0. The maximum Gasteiger partial charge on any atom is 0.165 e. The fraction of sp³-hybridized carbons (Fsp3) is 0.579. The summed E-state index contributed by atoms with van der Waals surface area (Å²) in [5.41, 5.74) is 0.588. The van der Waals surface area contributed by atoms with Crippen LogP contribution in [0.1, 0.15) is 33.3 Å². The maximum absolute atomic E-state index is 6.05. The molecular weight excluding hydrogens is 308 g/mol. The van der Waals surface area contributed by atoms with Crippen LogP contribution in [0, 0.1) is 5.41 Å². The van der Waals surface area contributed by atoms with Crippen LogP contribution in [0.25, 0.3) is 6.08 Å². The Morgan fingerprint density at radius 3 is 2.29 bits per heavy atom. The van der Waals surface area contributed by atoms with Crippen LogP contribution in [0.3, 0.4) is 0 Å². The molecule has 0 aromatic heterocycles. The smallest absolute Gasteiger partial charge is 0.165 e. The molecule has 0 radical (unpaired) electrons. The monoisotopic (exact) mass is 338 g/mol. The van der Waals surface area contributed by atoms with E-state index in [9.17, 15) is 0 Å². The van der Waals surface area contributed by atoms with Crippen LogP contribution in [0.4, 0.5) is 0 Å². The summed E-state index contributed by atoms with van der Waals surface area (Å²) < 4.78 is 27.7. The highest BCUT2D eigenvalue weighted by atomic mass is 16.7. The van der Waals surface area contributed by atoms with Crippen molar-refractivity contribution in [1.29, 1.82) is 0 Å². The van der Waals surface area contributed by atoms with Gasteiger partial charge in [-0.3, -0.25) is 0 Å². The van der Waals surface area contributed by atoms with E-state index < -0.39 is 0 Å². The van der Waals surface area contributed by atoms with E-state index in [0.29, 0.717) is 19.8 Å². The summed E-state index contributed by atoms with van der Waals surface area (Å²) in [5.74, 6) is 1.52. The highest BCUT2D eigenvalue weighted by Crippen LogP contribution is 2.30. The van der Waals surface area contributed by atoms with E-state index in [4.69, 9.17) is 23.7 Å². The first kappa shape index (κ1) is 20.3. The molecule has 0 bridgehead atoms. The minimum Gasteiger partial charge on any atom is -0.504 e. The second-order valence-electron chi connectivity index (χ2n) is 5.96. The molecule has 0 aliphatic carbocycles. The van der Waals surface area contributed by atoms with Crippen molar-refractivity contribution < 1.29 is 23.7 Å². The van der Waals surface area contributed by atoms with Gasteiger partial charge in [0.1, 0.15) is 11.5 Å². The lowest BCUT2D eigenvalue weighted by Crippen LogP contribution is -2.39. The fourth-order valence-corrected chi connectivity index (χ4v) is 2.19. The second kappa shape index (κ2) is 10.2. The Bertz CT molecular complexity index is 504. The Balaban J connectivity index is 2.89. The molecule has 0 heterocycles. The average Bonchev–Trinajstić information content (AvgIpc) is 2.58. The van der Waals surface area contributed by atoms with Gasteiger partial charge in [-0.05, 0) is 38.1 Å². The predicted octanol–water partition coefficient (Wildman–Crippen LogP) is 4.12. The van der Waals surface area contributed by atoms with E-state index in [-0.39, 0.29) is 11.7 Å². The second-order valence-corrected chi connectivity index (χ2v) is 5.96. The van der Waals surface area contributed by atoms with Crippen molar-refractivity contribution in [2.75, 3.05) is 34.0 Å². The number of rotatable bonds is 11. The van der Waals surface area contributed by atoms with Crippen LogP contribution >= 0.6 is 0 Å². The molecule has 0 atom stereocenters. The van der Waals surface area contributed by atoms with E-state index in [1.165, 1.54) is 0 Å². The molecule has 0 aliphatic rings. The van der Waals surface area contributed by atoms with E-state index in [2.05, 4.69) is 13.8 Å². The van der Waals surface area contributed by atoms with Gasteiger partial charge < -0.3 is 23.7 Å². The fourth-order valence-electron chi connectivity index (χ4n) is 2.19. The lowest BCUT2D eigenvalue weighted by molar-refractivity contribution is -0.201. The Morgan fingerprint density at radius 2 is 1.75 bits per heavy atom. The third-order valence-electron chi connectivity index (χ3n) is 3.47. The Hall–Kier alpha value is -1.72. The molecule has 5 heteroatoms. The van der Waals surface area contributed by atoms with Gasteiger partial charge in [0.25, 0.3) is 0 Å². The Labute approximate surface area is 145 Å². The van der Waals surface area contributed by atoms with Crippen LogP contribution in [0.15, 0.2) is 24.5 Å². The third-order valence-corrected chi connectivity index (χ3v) is 3.47. The van der Waals surface area contributed by atoms with Crippen LogP contribution in [0.2, 0.25) is 0 Å². The number of hydrogen-bond donors (Lipinski definition) is 0. The molecule has 1 rings (SSSR count). The number of methoxy groups -OCH3 is 2. The molecule has 0 fully saturated rings. The zero-order valence-electron chi connectivity index (χ0n) is 15.6. The third kappa shape index (κ3) is 6.06. The first-order chi connectivity index (χ1) is 11.5. The summed E-state index contributed by atoms with van der Waals surface area (Å²) in [6, 6.07) is 5.66. The SMILES string of the molecule is CCOC(OCC)C(C)(C)COc1ccc(OC)cc1C=COC. The van der Waals surface area contributed by atoms with Crippen molar-refractivity contribution in [2.45, 2.75) is 34.0 Å². The Morgan fingerprint density at radius 1 is 1.08 bits per heavy atom. The molecule has 136 valence electrons. The zero-order valence-corrected chi connectivity index (χ0v) is 15.6. The number of ether oxygens (including phenoxy) is 5. The minimum absolute atomic E-state index is 0.297. The van der Waals surface area contributed by atoms with Gasteiger partial charge in [0.05, 0.1) is 27.1 Å². The van der Waals surface area contributed by atoms with E-state index in [0.717, 1.165) is 17.1 Å². The van der Waals surface area contributed by atoms with Crippen molar-refractivity contribution in [3.05, 3.63) is 30.0 Å². The van der Waals surface area contributed by atoms with Gasteiger partial charge in [0, 0.05) is 24.2 Å². The predicted molar refractivity (Wildman–Crippen MR) is 95.4 cm³/mol. The molecule has 0 saturated carbocycles. The molecule has 0 N–H and O–H groups in total. The minimum atomic E-state index is -0.316. The van der Waals surface area contributed by atoms with E-state index in [1.54, 1.807) is 20.5 Å². The van der Waals surface area contributed by atoms with Crippen molar-refractivity contribution >= 4 is 6.08 Å². The lowest BCUT2D eigenvalue weighted by atomic mass is 9.93. The van der Waals surface area contributed by atoms with E-state index in [1.807, 2.05) is 38.1 Å². The number of benzene rings is 1. The molecule has 1 aromatic carbocycles. The highest BCUT2D eigenvalue weighted by molar-refractivity contribution is 5.59. The van der Waals surface area contributed by atoms with Crippen LogP contribution < -0.4 is 9.47 Å². The van der Waals surface area contributed by atoms with Crippen molar-refractivity contribution in [1.82, 2.24) is 0 Å². The van der Waals surface area contributed by atoms with Crippen LogP contribution in [0.5, 0.6) is 11.5 Å². The van der Waals surface area contributed by atoms with Gasteiger partial charge in [-0.1, -0.05) is 13.8 Å². The van der Waals surface area contributed by atoms with Gasteiger partial charge in [0.15, 0.2) is 6.29 Å². The number of hydrogen-bond acceptors (Lipinski definition) is 5. The molecule has 0 saturated heterocycles. The van der Waals surface area contributed by atoms with E-state index >= 15 is 0 Å². The highest BCUT2D eigenvalue weighted by Gasteiger charge is 2.32. The topological polar surface area (TPSA) is 46.2 Å². The van der Waals surface area contributed by atoms with Gasteiger partial charge in [-0.2, -0.15) is 0 Å². The summed E-state index contributed by atoms with van der Waals surface area (Å²) in [6.45, 7) is 9.70. The summed E-state index contributed by atoms with van der Waals surface area (Å²) in [6.07, 6.45) is 3.13. The molecule has 0 spiro atoms. The van der Waals surface area contributed by atoms with Crippen molar-refractivity contribution in [3.8, 4) is 11.5 Å². The Kier molecular flexibility index (Phi) is 8.65. The molecular formula is C19H30O5. The standard InChI is InChI=1S/C19H30O5/c1-7-22-18(23-8-2)19(3,4)14-24-17-10-9-16(21-6)13-15(17)11-12-20-5/h9-13,18H,7-8,14H2,1-6H3. The van der Waals surface area contributed by atoms with Gasteiger partial charge >= 0.3 is 0 Å². The van der Waals surface area contributed by atoms with Gasteiger partial charge in [-0.15, -0.1) is 0 Å². The maximum atomic E-state index is 6.05. The van der Waals surface area contributed by atoms with Crippen molar-refractivity contribution in [3.63, 3.8) is 0 Å². The van der Waals surface area contributed by atoms with Gasteiger partial charge in [-0.25, -0.2) is 0 Å². The average molecular weight is 338 g/mol. The quantitative estimate of drug-likeness (QED) is 0.449. The molecule has 1 aromatic rings. The zero-order chi connectivity index (χ0) is 18.0. The molecule has 24 heavy (non-hydrogen) atoms. The van der Waals surface area contributed by atoms with Crippen molar-refractivity contribution in [2.24, 2.45) is 5.41 Å². The van der Waals surface area contributed by atoms with Crippen LogP contribution in [-0.4, -0.2) is 40.3 Å². The summed E-state index contributed by atoms with van der Waals surface area (Å²) in [7, 11) is 3.24. The molecule has 0 unspecified atom stereocenters. The van der Waals surface area contributed by atoms with Crippen LogP contribution in [-0.2, 0) is 14.2 Å². The normalized spacial score (nSPS) is 12.0. The summed E-state index contributed by atoms with van der Waals surface area (Å²) >= 11 is 0. The summed E-state index contributed by atoms with van der Waals surface area (Å²) in [5, 5.41) is 0. The van der Waals surface area contributed by atoms with Gasteiger partial charge in [0.2, 0.25) is 0 Å².